The normalized spacial score (nSPS) is 10.3. The van der Waals surface area contributed by atoms with Crippen LogP contribution in [0.4, 0.5) is 10.5 Å². The number of nitro groups is 1. The van der Waals surface area contributed by atoms with Gasteiger partial charge in [0.05, 0.1) is 17.5 Å². The molecule has 0 fully saturated rings. The molecular weight excluding hydrogens is 212 g/mol. The van der Waals surface area contributed by atoms with Gasteiger partial charge in [-0.05, 0) is 12.1 Å². The van der Waals surface area contributed by atoms with Gasteiger partial charge in [-0.2, -0.15) is 0 Å². The molecule has 0 unspecified atom stereocenters. The zero-order valence-corrected chi connectivity index (χ0v) is 8.41. The average molecular weight is 220 g/mol. The summed E-state index contributed by atoms with van der Waals surface area (Å²) in [6.45, 7) is 0. The zero-order valence-electron chi connectivity index (χ0n) is 8.41. The van der Waals surface area contributed by atoms with E-state index < -0.39 is 11.0 Å². The van der Waals surface area contributed by atoms with Crippen LogP contribution in [0.3, 0.4) is 0 Å². The third kappa shape index (κ3) is 1.50. The first-order valence-electron chi connectivity index (χ1n) is 4.47. The second-order valence-corrected chi connectivity index (χ2v) is 3.16. The van der Waals surface area contributed by atoms with Crippen LogP contribution in [0.1, 0.15) is 0 Å². The van der Waals surface area contributed by atoms with Gasteiger partial charge in [0.25, 0.3) is 5.69 Å². The Balaban J connectivity index is 2.59. The third-order valence-electron chi connectivity index (χ3n) is 2.26. The van der Waals surface area contributed by atoms with Crippen molar-refractivity contribution in [2.24, 2.45) is 0 Å². The van der Waals surface area contributed by atoms with Gasteiger partial charge < -0.3 is 4.74 Å². The molecule has 0 N–H and O–H groups in total. The molecule has 0 saturated carbocycles. The highest BCUT2D eigenvalue weighted by atomic mass is 16.6. The Kier molecular flexibility index (Phi) is 2.32. The van der Waals surface area contributed by atoms with Crippen molar-refractivity contribution in [3.63, 3.8) is 0 Å². The predicted octanol–water partition coefficient (Wildman–Crippen LogP) is 2.16. The van der Waals surface area contributed by atoms with E-state index in [0.717, 1.165) is 0 Å². The Bertz CT molecular complexity index is 573. The van der Waals surface area contributed by atoms with Crippen molar-refractivity contribution in [1.29, 1.82) is 0 Å². The highest BCUT2D eigenvalue weighted by Gasteiger charge is 2.12. The second-order valence-electron chi connectivity index (χ2n) is 3.16. The maximum absolute atomic E-state index is 11.3. The molecule has 2 aromatic rings. The quantitative estimate of drug-likeness (QED) is 0.545. The number of fused-ring (bicyclic) bond motifs is 1. The number of carbonyl (C=O) groups is 1. The molecule has 0 aliphatic rings. The number of ether oxygens (including phenoxy) is 1. The number of aromatic nitrogens is 1. The van der Waals surface area contributed by atoms with E-state index in [0.29, 0.717) is 10.9 Å². The molecular formula is C10H8N2O4. The lowest BCUT2D eigenvalue weighted by molar-refractivity contribution is -0.384. The largest absolute Gasteiger partial charge is 0.452 e. The topological polar surface area (TPSA) is 74.4 Å². The highest BCUT2D eigenvalue weighted by Crippen LogP contribution is 2.21. The molecule has 82 valence electrons. The molecule has 0 saturated heterocycles. The first-order chi connectivity index (χ1) is 7.63. The maximum atomic E-state index is 11.3. The molecule has 6 heteroatoms. The summed E-state index contributed by atoms with van der Waals surface area (Å²) in [6, 6.07) is 5.90. The fourth-order valence-corrected chi connectivity index (χ4v) is 1.50. The summed E-state index contributed by atoms with van der Waals surface area (Å²) in [6.07, 6.45) is 0.990. The van der Waals surface area contributed by atoms with Crippen molar-refractivity contribution in [2.75, 3.05) is 7.11 Å². The molecule has 0 spiro atoms. The number of hydrogen-bond donors (Lipinski definition) is 0. The fraction of sp³-hybridized carbons (Fsp3) is 0.100. The summed E-state index contributed by atoms with van der Waals surface area (Å²) in [5.41, 5.74) is 0.576. The van der Waals surface area contributed by atoms with Crippen molar-refractivity contribution in [3.8, 4) is 0 Å². The number of rotatable bonds is 1. The van der Waals surface area contributed by atoms with Crippen LogP contribution in [0.25, 0.3) is 10.9 Å². The van der Waals surface area contributed by atoms with E-state index in [1.54, 1.807) is 6.07 Å². The number of hydrogen-bond acceptors (Lipinski definition) is 4. The summed E-state index contributed by atoms with van der Waals surface area (Å²) in [7, 11) is 1.28. The number of carbonyl (C=O) groups excluding carboxylic acids is 1. The van der Waals surface area contributed by atoms with Gasteiger partial charge in [0.15, 0.2) is 0 Å². The lowest BCUT2D eigenvalue weighted by atomic mass is 10.2. The summed E-state index contributed by atoms with van der Waals surface area (Å²) < 4.78 is 5.86. The van der Waals surface area contributed by atoms with E-state index in [4.69, 9.17) is 0 Å². The summed E-state index contributed by atoms with van der Waals surface area (Å²) in [5, 5.41) is 11.2. The average Bonchev–Trinajstić information content (AvgIpc) is 2.70. The highest BCUT2D eigenvalue weighted by molar-refractivity contribution is 5.90. The van der Waals surface area contributed by atoms with Gasteiger partial charge in [-0.15, -0.1) is 0 Å². The van der Waals surface area contributed by atoms with E-state index in [2.05, 4.69) is 4.74 Å². The first-order valence-corrected chi connectivity index (χ1v) is 4.47. The molecule has 1 heterocycles. The van der Waals surface area contributed by atoms with E-state index in [-0.39, 0.29) is 5.69 Å². The molecule has 0 amide bonds. The monoisotopic (exact) mass is 220 g/mol. The maximum Gasteiger partial charge on any atom is 0.418 e. The minimum Gasteiger partial charge on any atom is -0.452 e. The van der Waals surface area contributed by atoms with Gasteiger partial charge in [-0.25, -0.2) is 4.79 Å². The van der Waals surface area contributed by atoms with E-state index in [9.17, 15) is 14.9 Å². The minimum absolute atomic E-state index is 0.00452. The number of nitrogens with zero attached hydrogens (tertiary/aromatic N) is 2. The molecule has 1 aromatic heterocycles. The molecule has 6 nitrogen and oxygen atoms in total. The Morgan fingerprint density at radius 2 is 2.19 bits per heavy atom. The standard InChI is InChI=1S/C10H8N2O4/c1-16-10(13)11-5-4-7-6-8(12(14)15)2-3-9(7)11/h2-6H,1H3. The van der Waals surface area contributed by atoms with E-state index in [1.807, 2.05) is 0 Å². The molecule has 16 heavy (non-hydrogen) atoms. The number of nitro benzene ring substituents is 1. The lowest BCUT2D eigenvalue weighted by Crippen LogP contribution is -2.09. The predicted molar refractivity (Wildman–Crippen MR) is 56.4 cm³/mol. The van der Waals surface area contributed by atoms with Crippen molar-refractivity contribution in [1.82, 2.24) is 4.57 Å². The van der Waals surface area contributed by atoms with Crippen LogP contribution < -0.4 is 0 Å². The number of non-ortho nitro benzene ring substituents is 1. The molecule has 0 aliphatic heterocycles. The summed E-state index contributed by atoms with van der Waals surface area (Å²) in [4.78, 5) is 21.4. The van der Waals surface area contributed by atoms with Gasteiger partial charge in [0.1, 0.15) is 0 Å². The lowest BCUT2D eigenvalue weighted by Gasteiger charge is -2.01. The zero-order chi connectivity index (χ0) is 11.7. The molecule has 0 atom stereocenters. The van der Waals surface area contributed by atoms with Crippen LogP contribution in [0, 0.1) is 10.1 Å². The summed E-state index contributed by atoms with van der Waals surface area (Å²) in [5.74, 6) is 0. The van der Waals surface area contributed by atoms with Crippen LogP contribution in [-0.2, 0) is 4.74 Å². The molecule has 1 aromatic carbocycles. The Labute approximate surface area is 90.2 Å². The van der Waals surface area contributed by atoms with E-state index >= 15 is 0 Å². The Morgan fingerprint density at radius 3 is 2.81 bits per heavy atom. The van der Waals surface area contributed by atoms with Gasteiger partial charge in [-0.1, -0.05) is 0 Å². The first kappa shape index (κ1) is 10.2. The van der Waals surface area contributed by atoms with Gasteiger partial charge in [0, 0.05) is 23.7 Å². The van der Waals surface area contributed by atoms with Crippen LogP contribution in [0.5, 0.6) is 0 Å². The Hall–Kier alpha value is -2.37. The van der Waals surface area contributed by atoms with Gasteiger partial charge in [0.2, 0.25) is 0 Å². The SMILES string of the molecule is COC(=O)n1ccc2cc([N+](=O)[O-])ccc21. The van der Waals surface area contributed by atoms with Crippen LogP contribution in [0.15, 0.2) is 30.5 Å². The van der Waals surface area contributed by atoms with Crippen molar-refractivity contribution in [2.45, 2.75) is 0 Å². The summed E-state index contributed by atoms with van der Waals surface area (Å²) >= 11 is 0. The molecule has 0 aliphatic carbocycles. The number of methoxy groups -OCH3 is 1. The van der Waals surface area contributed by atoms with E-state index in [1.165, 1.54) is 36.1 Å². The minimum atomic E-state index is -0.524. The van der Waals surface area contributed by atoms with Crippen molar-refractivity contribution in [3.05, 3.63) is 40.6 Å². The van der Waals surface area contributed by atoms with Crippen molar-refractivity contribution >= 4 is 22.7 Å². The molecule has 0 bridgehead atoms. The van der Waals surface area contributed by atoms with Gasteiger partial charge in [-0.3, -0.25) is 14.7 Å². The van der Waals surface area contributed by atoms with Gasteiger partial charge >= 0.3 is 6.09 Å². The van der Waals surface area contributed by atoms with Crippen LogP contribution in [-0.4, -0.2) is 22.7 Å². The van der Waals surface area contributed by atoms with Crippen LogP contribution >= 0.6 is 0 Å². The smallest absolute Gasteiger partial charge is 0.418 e. The molecule has 2 rings (SSSR count). The van der Waals surface area contributed by atoms with Crippen LogP contribution in [0.2, 0.25) is 0 Å². The third-order valence-corrected chi connectivity index (χ3v) is 2.26. The fourth-order valence-electron chi connectivity index (χ4n) is 1.50. The Morgan fingerprint density at radius 1 is 1.44 bits per heavy atom. The second kappa shape index (κ2) is 3.65. The molecule has 0 radical (unpaired) electrons. The number of benzene rings is 1. The van der Waals surface area contributed by atoms with Crippen molar-refractivity contribution < 1.29 is 14.5 Å².